The number of hydrogen-bond acceptors (Lipinski definition) is 8. The fourth-order valence-electron chi connectivity index (χ4n) is 5.19. The third kappa shape index (κ3) is 7.38. The number of thioether (sulfide) groups is 1. The quantitative estimate of drug-likeness (QED) is 0.185. The van der Waals surface area contributed by atoms with Crippen molar-refractivity contribution in [1.82, 2.24) is 24.7 Å². The number of nitrogens with zero attached hydrogens (tertiary/aromatic N) is 4. The van der Waals surface area contributed by atoms with Crippen LogP contribution in [0.2, 0.25) is 5.02 Å². The van der Waals surface area contributed by atoms with Gasteiger partial charge in [-0.3, -0.25) is 9.99 Å². The Bertz CT molecular complexity index is 1970. The minimum atomic E-state index is -4.19. The summed E-state index contributed by atoms with van der Waals surface area (Å²) in [5.41, 5.74) is 4.09. The first-order valence-corrected chi connectivity index (χ1v) is 17.3. The lowest BCUT2D eigenvalue weighted by Gasteiger charge is -2.28. The van der Waals surface area contributed by atoms with E-state index in [1.54, 1.807) is 29.4 Å². The van der Waals surface area contributed by atoms with Gasteiger partial charge in [0.15, 0.2) is 16.7 Å². The molecular weight excluding hydrogens is 670 g/mol. The summed E-state index contributed by atoms with van der Waals surface area (Å²) < 4.78 is 63.4. The number of halogens is 3. The molecule has 3 aromatic carbocycles. The summed E-state index contributed by atoms with van der Waals surface area (Å²) in [6.07, 6.45) is 3.48. The third-order valence-corrected chi connectivity index (χ3v) is 10.5. The van der Waals surface area contributed by atoms with E-state index >= 15 is 0 Å². The Morgan fingerprint density at radius 2 is 1.83 bits per heavy atom. The number of nitriles is 1. The number of amides is 2. The first kappa shape index (κ1) is 34.2. The maximum absolute atomic E-state index is 14.4. The van der Waals surface area contributed by atoms with E-state index < -0.39 is 33.1 Å². The fraction of sp³-hybridized carbons (Fsp3) is 0.281. The van der Waals surface area contributed by atoms with Crippen LogP contribution in [0.4, 0.5) is 13.6 Å². The number of carbonyl (C=O) groups is 1. The van der Waals surface area contributed by atoms with Gasteiger partial charge in [-0.25, -0.2) is 36.7 Å². The molecule has 0 aliphatic carbocycles. The molecule has 1 fully saturated rings. The molecule has 1 aromatic heterocycles. The zero-order chi connectivity index (χ0) is 33.9. The highest BCUT2D eigenvalue weighted by Crippen LogP contribution is 2.38. The molecule has 47 heavy (non-hydrogen) atoms. The van der Waals surface area contributed by atoms with Gasteiger partial charge >= 0.3 is 6.03 Å². The first-order chi connectivity index (χ1) is 22.3. The second-order valence-electron chi connectivity index (χ2n) is 11.3. The Morgan fingerprint density at radius 1 is 1.11 bits per heavy atom. The average Bonchev–Trinajstić information content (AvgIpc) is 3.71. The molecule has 1 saturated heterocycles. The van der Waals surface area contributed by atoms with Crippen LogP contribution in [0.15, 0.2) is 70.8 Å². The Balaban J connectivity index is 1.44. The van der Waals surface area contributed by atoms with Crippen molar-refractivity contribution in [2.75, 3.05) is 20.2 Å². The molecule has 5 rings (SSSR count). The summed E-state index contributed by atoms with van der Waals surface area (Å²) in [7, 11) is -2.83. The molecule has 1 aliphatic heterocycles. The molecule has 246 valence electrons. The van der Waals surface area contributed by atoms with Crippen LogP contribution in [0.1, 0.15) is 49.1 Å². The molecule has 2 amide bonds. The van der Waals surface area contributed by atoms with Crippen LogP contribution in [0.5, 0.6) is 5.75 Å². The summed E-state index contributed by atoms with van der Waals surface area (Å²) in [6.45, 7) is 5.09. The molecule has 15 heteroatoms. The number of rotatable bonds is 10. The maximum Gasteiger partial charge on any atom is 0.343 e. The molecular formula is C32H31ClF2N6O4S2. The zero-order valence-electron chi connectivity index (χ0n) is 25.7. The van der Waals surface area contributed by atoms with Crippen molar-refractivity contribution in [2.24, 2.45) is 0 Å². The van der Waals surface area contributed by atoms with Crippen molar-refractivity contribution in [3.05, 3.63) is 99.8 Å². The average molecular weight is 701 g/mol. The van der Waals surface area contributed by atoms with E-state index in [1.165, 1.54) is 55.3 Å². The number of nitrogens with one attached hydrogen (secondary N) is 2. The monoisotopic (exact) mass is 700 g/mol. The van der Waals surface area contributed by atoms with Crippen LogP contribution in [-0.2, 0) is 21.2 Å². The predicted octanol–water partition coefficient (Wildman–Crippen LogP) is 6.30. The zero-order valence-corrected chi connectivity index (χ0v) is 28.1. The van der Waals surface area contributed by atoms with Gasteiger partial charge in [-0.15, -0.1) is 0 Å². The fourth-order valence-corrected chi connectivity index (χ4v) is 7.51. The summed E-state index contributed by atoms with van der Waals surface area (Å²) in [5, 5.41) is 11.7. The molecule has 0 saturated carbocycles. The number of benzene rings is 3. The van der Waals surface area contributed by atoms with E-state index in [4.69, 9.17) is 16.3 Å². The SMILES string of the molecule is COc1cc(-n2c(C(C)(C)c3ccc(F)c(C#N)c3)cnc2SCc2ccc(S(=O)(=O)NC(=O)NN3CCCC3)cc2Cl)ccc1F. The summed E-state index contributed by atoms with van der Waals surface area (Å²) in [5.74, 6) is -0.885. The first-order valence-electron chi connectivity index (χ1n) is 14.5. The van der Waals surface area contributed by atoms with Crippen molar-refractivity contribution in [1.29, 1.82) is 5.26 Å². The third-order valence-electron chi connectivity index (χ3n) is 7.86. The van der Waals surface area contributed by atoms with Crippen LogP contribution in [0, 0.1) is 23.0 Å². The molecule has 0 radical (unpaired) electrons. The lowest BCUT2D eigenvalue weighted by atomic mass is 9.81. The minimum Gasteiger partial charge on any atom is -0.494 e. The van der Waals surface area contributed by atoms with E-state index in [0.717, 1.165) is 12.8 Å². The number of imidazole rings is 1. The number of urea groups is 1. The largest absolute Gasteiger partial charge is 0.494 e. The molecule has 0 spiro atoms. The number of sulfonamides is 1. The predicted molar refractivity (Wildman–Crippen MR) is 174 cm³/mol. The standard InChI is InChI=1S/C32H31ClF2N6O4S2/c1-32(2,22-7-10-26(34)21(14-22)17-36)29-18-37-31(41(29)23-8-11-27(35)28(15-23)45-3)46-19-20-6-9-24(16-25(20)33)47(43,44)39-30(42)38-40-12-4-5-13-40/h6-11,14-16,18H,4-5,12-13,19H2,1-3H3,(H2,38,39,42). The number of carbonyl (C=O) groups excluding carboxylic acids is 1. The smallest absolute Gasteiger partial charge is 0.343 e. The van der Waals surface area contributed by atoms with E-state index in [1.807, 2.05) is 29.2 Å². The molecule has 2 heterocycles. The van der Waals surface area contributed by atoms with Crippen molar-refractivity contribution < 1.29 is 26.7 Å². The van der Waals surface area contributed by atoms with Gasteiger partial charge in [0.2, 0.25) is 0 Å². The van der Waals surface area contributed by atoms with Gasteiger partial charge < -0.3 is 4.74 Å². The summed E-state index contributed by atoms with van der Waals surface area (Å²) in [6, 6.07) is 13.9. The second-order valence-corrected chi connectivity index (χ2v) is 14.3. The number of aromatic nitrogens is 2. The Morgan fingerprint density at radius 3 is 2.51 bits per heavy atom. The molecule has 0 atom stereocenters. The highest BCUT2D eigenvalue weighted by atomic mass is 35.5. The van der Waals surface area contributed by atoms with Crippen LogP contribution in [0.3, 0.4) is 0 Å². The van der Waals surface area contributed by atoms with Crippen molar-refractivity contribution in [3.8, 4) is 17.5 Å². The van der Waals surface area contributed by atoms with Gasteiger partial charge in [-0.05, 0) is 60.4 Å². The normalized spacial score (nSPS) is 13.7. The van der Waals surface area contributed by atoms with E-state index in [2.05, 4.69) is 10.4 Å². The van der Waals surface area contributed by atoms with Crippen molar-refractivity contribution in [2.45, 2.75) is 47.9 Å². The van der Waals surface area contributed by atoms with Gasteiger partial charge in [0.25, 0.3) is 10.0 Å². The van der Waals surface area contributed by atoms with E-state index in [0.29, 0.717) is 40.8 Å². The summed E-state index contributed by atoms with van der Waals surface area (Å²) in [4.78, 5) is 16.7. The van der Waals surface area contributed by atoms with Crippen LogP contribution >= 0.6 is 23.4 Å². The van der Waals surface area contributed by atoms with Gasteiger partial charge in [0, 0.05) is 35.3 Å². The van der Waals surface area contributed by atoms with Gasteiger partial charge in [0.1, 0.15) is 11.9 Å². The topological polar surface area (TPSA) is 129 Å². The van der Waals surface area contributed by atoms with E-state index in [-0.39, 0.29) is 27.0 Å². The molecule has 2 N–H and O–H groups in total. The highest BCUT2D eigenvalue weighted by Gasteiger charge is 2.31. The second kappa shape index (κ2) is 13.9. The lowest BCUT2D eigenvalue weighted by Crippen LogP contribution is -2.47. The van der Waals surface area contributed by atoms with Crippen molar-refractivity contribution in [3.63, 3.8) is 0 Å². The molecule has 4 aromatic rings. The number of hydrazine groups is 1. The Hall–Kier alpha value is -4.16. The van der Waals surface area contributed by atoms with Gasteiger partial charge in [-0.1, -0.05) is 49.3 Å². The highest BCUT2D eigenvalue weighted by molar-refractivity contribution is 7.98. The van der Waals surface area contributed by atoms with E-state index in [9.17, 15) is 27.3 Å². The van der Waals surface area contributed by atoms with Crippen LogP contribution < -0.4 is 14.9 Å². The molecule has 0 unspecified atom stereocenters. The molecule has 0 bridgehead atoms. The van der Waals surface area contributed by atoms with Crippen molar-refractivity contribution >= 4 is 39.4 Å². The Labute approximate surface area is 280 Å². The minimum absolute atomic E-state index is 0.0204. The Kier molecular flexibility index (Phi) is 10.1. The summed E-state index contributed by atoms with van der Waals surface area (Å²) >= 11 is 7.83. The van der Waals surface area contributed by atoms with Crippen LogP contribution in [0.25, 0.3) is 5.69 Å². The lowest BCUT2D eigenvalue weighted by molar-refractivity contribution is 0.202. The maximum atomic E-state index is 14.4. The molecule has 10 nitrogen and oxygen atoms in total. The number of hydrogen-bond donors (Lipinski definition) is 2. The van der Waals surface area contributed by atoms with Gasteiger partial charge in [0.05, 0.1) is 35.1 Å². The number of methoxy groups -OCH3 is 1. The van der Waals surface area contributed by atoms with Crippen LogP contribution in [-0.4, -0.2) is 49.2 Å². The van der Waals surface area contributed by atoms with Gasteiger partial charge in [-0.2, -0.15) is 5.26 Å². The molecule has 1 aliphatic rings. The number of ether oxygens (including phenoxy) is 1.